The van der Waals surface area contributed by atoms with E-state index in [0.717, 1.165) is 0 Å². The van der Waals surface area contributed by atoms with Gasteiger partial charge in [0, 0.05) is 18.3 Å². The molecule has 0 unspecified atom stereocenters. The van der Waals surface area contributed by atoms with Crippen molar-refractivity contribution in [1.82, 2.24) is 10.1 Å². The first kappa shape index (κ1) is 11.1. The van der Waals surface area contributed by atoms with Gasteiger partial charge in [-0.25, -0.2) is 0 Å². The van der Waals surface area contributed by atoms with E-state index in [2.05, 4.69) is 10.1 Å². The summed E-state index contributed by atoms with van der Waals surface area (Å²) in [4.78, 5) is 4.11. The normalized spacial score (nSPS) is 9.94. The summed E-state index contributed by atoms with van der Waals surface area (Å²) in [5, 5.41) is 12.7. The van der Waals surface area contributed by atoms with Crippen LogP contribution in [0.5, 0.6) is 5.75 Å². The highest BCUT2D eigenvalue weighted by Crippen LogP contribution is 2.24. The molecule has 0 bridgehead atoms. The number of hydrogen-bond donors (Lipinski definition) is 1. The summed E-state index contributed by atoms with van der Waals surface area (Å²) < 4.78 is 10.1. The Morgan fingerprint density at radius 3 is 2.88 bits per heavy atom. The Bertz CT molecular complexity index is 571. The van der Waals surface area contributed by atoms with Crippen LogP contribution in [0, 0.1) is 11.3 Å². The van der Waals surface area contributed by atoms with Crippen molar-refractivity contribution in [2.24, 2.45) is 5.73 Å². The summed E-state index contributed by atoms with van der Waals surface area (Å²) in [5.74, 6) is 1.03. The standard InChI is InChI=1S/C11H10N4O2/c1-16-11-3-9(14-6-7(11)4-12)10-2-8(5-13)17-15-10/h2-3,6H,5,13H2,1H3. The Morgan fingerprint density at radius 1 is 1.47 bits per heavy atom. The molecule has 2 rings (SSSR count). The molecule has 0 saturated carbocycles. The Labute approximate surface area is 97.6 Å². The van der Waals surface area contributed by atoms with E-state index in [9.17, 15) is 0 Å². The first-order valence-corrected chi connectivity index (χ1v) is 4.88. The number of methoxy groups -OCH3 is 1. The number of hydrogen-bond acceptors (Lipinski definition) is 6. The Balaban J connectivity index is 2.43. The summed E-state index contributed by atoms with van der Waals surface area (Å²) in [6.07, 6.45) is 1.44. The molecule has 0 atom stereocenters. The molecule has 0 fully saturated rings. The predicted octanol–water partition coefficient (Wildman–Crippen LogP) is 1.08. The molecule has 6 heteroatoms. The van der Waals surface area contributed by atoms with Crippen LogP contribution in [0.25, 0.3) is 11.4 Å². The van der Waals surface area contributed by atoms with Crippen molar-refractivity contribution < 1.29 is 9.26 Å². The molecule has 0 aromatic carbocycles. The second-order valence-electron chi connectivity index (χ2n) is 3.26. The SMILES string of the molecule is COc1cc(-c2cc(CN)on2)ncc1C#N. The van der Waals surface area contributed by atoms with Gasteiger partial charge in [0.25, 0.3) is 0 Å². The lowest BCUT2D eigenvalue weighted by atomic mass is 10.2. The van der Waals surface area contributed by atoms with Crippen LogP contribution < -0.4 is 10.5 Å². The van der Waals surface area contributed by atoms with Crippen LogP contribution in [0.1, 0.15) is 11.3 Å². The zero-order chi connectivity index (χ0) is 12.3. The van der Waals surface area contributed by atoms with Crippen LogP contribution in [0.3, 0.4) is 0 Å². The number of nitriles is 1. The molecule has 86 valence electrons. The first-order valence-electron chi connectivity index (χ1n) is 4.88. The third-order valence-corrected chi connectivity index (χ3v) is 2.23. The highest BCUT2D eigenvalue weighted by atomic mass is 16.5. The smallest absolute Gasteiger partial charge is 0.150 e. The van der Waals surface area contributed by atoms with Crippen molar-refractivity contribution >= 4 is 0 Å². The fraction of sp³-hybridized carbons (Fsp3) is 0.182. The van der Waals surface area contributed by atoms with E-state index in [1.165, 1.54) is 13.3 Å². The number of rotatable bonds is 3. The second kappa shape index (κ2) is 4.63. The molecule has 17 heavy (non-hydrogen) atoms. The van der Waals surface area contributed by atoms with Gasteiger partial charge in [-0.15, -0.1) is 0 Å². The van der Waals surface area contributed by atoms with Gasteiger partial charge in [-0.2, -0.15) is 5.26 Å². The highest BCUT2D eigenvalue weighted by molar-refractivity contribution is 5.58. The van der Waals surface area contributed by atoms with Gasteiger partial charge in [0.05, 0.1) is 19.3 Å². The van der Waals surface area contributed by atoms with Gasteiger partial charge in [-0.3, -0.25) is 4.98 Å². The molecule has 0 amide bonds. The summed E-state index contributed by atoms with van der Waals surface area (Å²) >= 11 is 0. The van der Waals surface area contributed by atoms with Crippen molar-refractivity contribution in [2.45, 2.75) is 6.54 Å². The maximum Gasteiger partial charge on any atom is 0.150 e. The number of nitrogens with zero attached hydrogens (tertiary/aromatic N) is 3. The van der Waals surface area contributed by atoms with Gasteiger partial charge in [0.1, 0.15) is 23.1 Å². The van der Waals surface area contributed by atoms with Gasteiger partial charge in [-0.1, -0.05) is 5.16 Å². The predicted molar refractivity (Wildman–Crippen MR) is 58.9 cm³/mol. The maximum absolute atomic E-state index is 8.83. The highest BCUT2D eigenvalue weighted by Gasteiger charge is 2.10. The quantitative estimate of drug-likeness (QED) is 0.847. The zero-order valence-electron chi connectivity index (χ0n) is 9.17. The molecule has 0 aliphatic carbocycles. The Morgan fingerprint density at radius 2 is 2.29 bits per heavy atom. The summed E-state index contributed by atoms with van der Waals surface area (Å²) in [7, 11) is 1.49. The molecule has 6 nitrogen and oxygen atoms in total. The lowest BCUT2D eigenvalue weighted by Gasteiger charge is -2.02. The lowest BCUT2D eigenvalue weighted by molar-refractivity contribution is 0.386. The number of nitrogens with two attached hydrogens (primary N) is 1. The molecule has 0 spiro atoms. The summed E-state index contributed by atoms with van der Waals surface area (Å²) in [6, 6.07) is 5.33. The maximum atomic E-state index is 8.83. The van der Waals surface area contributed by atoms with Gasteiger partial charge in [0.15, 0.2) is 5.76 Å². The monoisotopic (exact) mass is 230 g/mol. The third kappa shape index (κ3) is 2.09. The minimum atomic E-state index is 0.278. The van der Waals surface area contributed by atoms with Crippen LogP contribution in [0.15, 0.2) is 22.9 Å². The van der Waals surface area contributed by atoms with Crippen LogP contribution >= 0.6 is 0 Å². The Kier molecular flexibility index (Phi) is 3.03. The van der Waals surface area contributed by atoms with Crippen LogP contribution in [0.4, 0.5) is 0 Å². The molecular formula is C11H10N4O2. The average Bonchev–Trinajstić information content (AvgIpc) is 2.86. The van der Waals surface area contributed by atoms with E-state index in [0.29, 0.717) is 28.5 Å². The first-order chi connectivity index (χ1) is 8.28. The van der Waals surface area contributed by atoms with Crippen molar-refractivity contribution in [3.8, 4) is 23.2 Å². The van der Waals surface area contributed by atoms with Crippen molar-refractivity contribution in [2.75, 3.05) is 7.11 Å². The number of pyridine rings is 1. The van der Waals surface area contributed by atoms with Crippen molar-refractivity contribution in [3.05, 3.63) is 29.7 Å². The molecule has 2 heterocycles. The second-order valence-corrected chi connectivity index (χ2v) is 3.26. The van der Waals surface area contributed by atoms with Gasteiger partial charge in [0.2, 0.25) is 0 Å². The molecule has 0 aliphatic rings. The van der Waals surface area contributed by atoms with Gasteiger partial charge in [-0.05, 0) is 0 Å². The van der Waals surface area contributed by atoms with E-state index in [1.54, 1.807) is 12.1 Å². The number of aromatic nitrogens is 2. The topological polar surface area (TPSA) is 98.0 Å². The molecule has 0 aliphatic heterocycles. The fourth-order valence-corrected chi connectivity index (χ4v) is 1.36. The van der Waals surface area contributed by atoms with Gasteiger partial charge < -0.3 is 15.0 Å². The largest absolute Gasteiger partial charge is 0.495 e. The van der Waals surface area contributed by atoms with E-state index >= 15 is 0 Å². The fourth-order valence-electron chi connectivity index (χ4n) is 1.36. The Hall–Kier alpha value is -2.39. The van der Waals surface area contributed by atoms with E-state index in [-0.39, 0.29) is 6.54 Å². The lowest BCUT2D eigenvalue weighted by Crippen LogP contribution is -1.93. The average molecular weight is 230 g/mol. The summed E-state index contributed by atoms with van der Waals surface area (Å²) in [6.45, 7) is 0.278. The minimum Gasteiger partial charge on any atom is -0.495 e. The van der Waals surface area contributed by atoms with Crippen molar-refractivity contribution in [3.63, 3.8) is 0 Å². The molecule has 2 aromatic rings. The molecule has 0 saturated heterocycles. The van der Waals surface area contributed by atoms with Crippen molar-refractivity contribution in [1.29, 1.82) is 5.26 Å². The number of ether oxygens (including phenoxy) is 1. The minimum absolute atomic E-state index is 0.278. The molecule has 0 radical (unpaired) electrons. The van der Waals surface area contributed by atoms with Crippen LogP contribution in [0.2, 0.25) is 0 Å². The van der Waals surface area contributed by atoms with E-state index in [1.807, 2.05) is 6.07 Å². The van der Waals surface area contributed by atoms with Crippen LogP contribution in [-0.4, -0.2) is 17.3 Å². The molecule has 2 aromatic heterocycles. The zero-order valence-corrected chi connectivity index (χ0v) is 9.17. The van der Waals surface area contributed by atoms with Crippen LogP contribution in [-0.2, 0) is 6.54 Å². The summed E-state index contributed by atoms with van der Waals surface area (Å²) in [5.41, 5.74) is 6.93. The molecule has 2 N–H and O–H groups in total. The molecular weight excluding hydrogens is 220 g/mol. The van der Waals surface area contributed by atoms with E-state index in [4.69, 9.17) is 20.3 Å². The van der Waals surface area contributed by atoms with E-state index < -0.39 is 0 Å². The van der Waals surface area contributed by atoms with Gasteiger partial charge >= 0.3 is 0 Å². The third-order valence-electron chi connectivity index (χ3n) is 2.23.